The van der Waals surface area contributed by atoms with Gasteiger partial charge in [-0.1, -0.05) is 13.0 Å². The number of hydrogen-bond donors (Lipinski definition) is 2. The maximum absolute atomic E-state index is 12.3. The zero-order valence-corrected chi connectivity index (χ0v) is 11.1. The lowest BCUT2D eigenvalue weighted by atomic mass is 9.80. The molecule has 0 saturated carbocycles. The second-order valence-electron chi connectivity index (χ2n) is 5.26. The highest BCUT2D eigenvalue weighted by Crippen LogP contribution is 2.28. The molecule has 0 spiro atoms. The number of carbonyl (C=O) groups excluding carboxylic acids is 1. The third-order valence-electron chi connectivity index (χ3n) is 3.73. The van der Waals surface area contributed by atoms with E-state index in [0.29, 0.717) is 0 Å². The monoisotopic (exact) mass is 247 g/mol. The summed E-state index contributed by atoms with van der Waals surface area (Å²) in [5, 5.41) is 6.36. The fourth-order valence-electron chi connectivity index (χ4n) is 2.28. The molecule has 1 aromatic heterocycles. The molecule has 1 atom stereocenters. The van der Waals surface area contributed by atoms with E-state index in [2.05, 4.69) is 15.6 Å². The normalized spacial score (nSPS) is 20.1. The molecule has 0 bridgehead atoms. The summed E-state index contributed by atoms with van der Waals surface area (Å²) < 4.78 is 0. The molecule has 1 saturated heterocycles. The Bertz CT molecular complexity index is 399. The standard InChI is InChI=1S/C14H21N3O/c1-11(12-5-3-4-8-16-12)17-13(18)14(2)6-9-15-10-7-14/h3-5,8,11,15H,6-7,9-10H2,1-2H3,(H,17,18). The van der Waals surface area contributed by atoms with Crippen molar-refractivity contribution in [3.05, 3.63) is 30.1 Å². The zero-order valence-electron chi connectivity index (χ0n) is 11.1. The molecule has 2 N–H and O–H groups in total. The van der Waals surface area contributed by atoms with Gasteiger partial charge >= 0.3 is 0 Å². The van der Waals surface area contributed by atoms with E-state index in [1.165, 1.54) is 0 Å². The van der Waals surface area contributed by atoms with Gasteiger partial charge in [0.1, 0.15) is 0 Å². The number of rotatable bonds is 3. The predicted molar refractivity (Wildman–Crippen MR) is 71.0 cm³/mol. The van der Waals surface area contributed by atoms with Crippen LogP contribution in [-0.2, 0) is 4.79 Å². The number of nitrogens with zero attached hydrogens (tertiary/aromatic N) is 1. The minimum Gasteiger partial charge on any atom is -0.348 e. The van der Waals surface area contributed by atoms with E-state index in [-0.39, 0.29) is 17.4 Å². The van der Waals surface area contributed by atoms with Gasteiger partial charge in [0.05, 0.1) is 11.7 Å². The highest BCUT2D eigenvalue weighted by atomic mass is 16.2. The summed E-state index contributed by atoms with van der Waals surface area (Å²) in [6, 6.07) is 5.73. The molecule has 0 radical (unpaired) electrons. The SMILES string of the molecule is CC(NC(=O)C1(C)CCNCC1)c1ccccn1. The second kappa shape index (κ2) is 5.48. The van der Waals surface area contributed by atoms with Gasteiger partial charge in [-0.3, -0.25) is 9.78 Å². The molecule has 98 valence electrons. The molecule has 0 aromatic carbocycles. The summed E-state index contributed by atoms with van der Waals surface area (Å²) in [4.78, 5) is 16.6. The van der Waals surface area contributed by atoms with Crippen molar-refractivity contribution in [3.63, 3.8) is 0 Å². The van der Waals surface area contributed by atoms with E-state index >= 15 is 0 Å². The van der Waals surface area contributed by atoms with E-state index in [4.69, 9.17) is 0 Å². The van der Waals surface area contributed by atoms with Gasteiger partial charge in [0.25, 0.3) is 0 Å². The molecule has 1 unspecified atom stereocenters. The number of piperidine rings is 1. The Hall–Kier alpha value is -1.42. The van der Waals surface area contributed by atoms with E-state index in [1.54, 1.807) is 6.20 Å². The molecule has 2 heterocycles. The summed E-state index contributed by atoms with van der Waals surface area (Å²) in [6.07, 6.45) is 3.55. The number of hydrogen-bond acceptors (Lipinski definition) is 3. The number of carbonyl (C=O) groups is 1. The van der Waals surface area contributed by atoms with Crippen LogP contribution in [0.4, 0.5) is 0 Å². The van der Waals surface area contributed by atoms with Gasteiger partial charge in [-0.05, 0) is 45.0 Å². The van der Waals surface area contributed by atoms with E-state index < -0.39 is 0 Å². The van der Waals surface area contributed by atoms with Crippen molar-refractivity contribution >= 4 is 5.91 Å². The van der Waals surface area contributed by atoms with Gasteiger partial charge in [-0.2, -0.15) is 0 Å². The van der Waals surface area contributed by atoms with Crippen LogP contribution in [0.15, 0.2) is 24.4 Å². The first-order chi connectivity index (χ1) is 8.62. The first kappa shape index (κ1) is 13.0. The zero-order chi connectivity index (χ0) is 13.0. The smallest absolute Gasteiger partial charge is 0.226 e. The second-order valence-corrected chi connectivity index (χ2v) is 5.26. The fourth-order valence-corrected chi connectivity index (χ4v) is 2.28. The van der Waals surface area contributed by atoms with Crippen molar-refractivity contribution in [2.75, 3.05) is 13.1 Å². The molecule has 0 aliphatic carbocycles. The molecular formula is C14H21N3O. The summed E-state index contributed by atoms with van der Waals surface area (Å²) >= 11 is 0. The first-order valence-corrected chi connectivity index (χ1v) is 6.54. The van der Waals surface area contributed by atoms with Crippen molar-refractivity contribution < 1.29 is 4.79 Å². The van der Waals surface area contributed by atoms with Gasteiger partial charge in [-0.25, -0.2) is 0 Å². The van der Waals surface area contributed by atoms with Crippen LogP contribution in [0.3, 0.4) is 0 Å². The van der Waals surface area contributed by atoms with Gasteiger partial charge in [0, 0.05) is 11.6 Å². The van der Waals surface area contributed by atoms with Crippen molar-refractivity contribution in [2.24, 2.45) is 5.41 Å². The summed E-state index contributed by atoms with van der Waals surface area (Å²) in [5.41, 5.74) is 0.664. The summed E-state index contributed by atoms with van der Waals surface area (Å²) in [7, 11) is 0. The summed E-state index contributed by atoms with van der Waals surface area (Å²) in [5.74, 6) is 0.141. The molecule has 1 fully saturated rings. The van der Waals surface area contributed by atoms with Gasteiger partial charge in [0.2, 0.25) is 5.91 Å². The number of amides is 1. The molecular weight excluding hydrogens is 226 g/mol. The van der Waals surface area contributed by atoms with Crippen molar-refractivity contribution in [1.82, 2.24) is 15.6 Å². The Kier molecular flexibility index (Phi) is 3.97. The highest BCUT2D eigenvalue weighted by Gasteiger charge is 2.35. The predicted octanol–water partition coefficient (Wildman–Crippen LogP) is 1.65. The van der Waals surface area contributed by atoms with Crippen LogP contribution in [0.1, 0.15) is 38.4 Å². The van der Waals surface area contributed by atoms with Crippen LogP contribution < -0.4 is 10.6 Å². The van der Waals surface area contributed by atoms with Crippen molar-refractivity contribution in [2.45, 2.75) is 32.7 Å². The lowest BCUT2D eigenvalue weighted by Gasteiger charge is -2.33. The Morgan fingerprint density at radius 2 is 2.17 bits per heavy atom. The van der Waals surface area contributed by atoms with Crippen LogP contribution in [-0.4, -0.2) is 24.0 Å². The van der Waals surface area contributed by atoms with E-state index in [0.717, 1.165) is 31.6 Å². The van der Waals surface area contributed by atoms with Crippen LogP contribution in [0.25, 0.3) is 0 Å². The van der Waals surface area contributed by atoms with Gasteiger partial charge < -0.3 is 10.6 Å². The van der Waals surface area contributed by atoms with Crippen molar-refractivity contribution in [3.8, 4) is 0 Å². The highest BCUT2D eigenvalue weighted by molar-refractivity contribution is 5.82. The fraction of sp³-hybridized carbons (Fsp3) is 0.571. The summed E-state index contributed by atoms with van der Waals surface area (Å²) in [6.45, 7) is 5.86. The maximum atomic E-state index is 12.3. The average molecular weight is 247 g/mol. The minimum absolute atomic E-state index is 0.0367. The Morgan fingerprint density at radius 3 is 2.78 bits per heavy atom. The molecule has 4 nitrogen and oxygen atoms in total. The average Bonchev–Trinajstić information content (AvgIpc) is 2.40. The van der Waals surface area contributed by atoms with Crippen molar-refractivity contribution in [1.29, 1.82) is 0 Å². The first-order valence-electron chi connectivity index (χ1n) is 6.54. The minimum atomic E-state index is -0.242. The molecule has 4 heteroatoms. The molecule has 1 aromatic rings. The van der Waals surface area contributed by atoms with Crippen LogP contribution in [0.5, 0.6) is 0 Å². The van der Waals surface area contributed by atoms with Gasteiger partial charge in [-0.15, -0.1) is 0 Å². The molecule has 2 rings (SSSR count). The number of nitrogens with one attached hydrogen (secondary N) is 2. The third-order valence-corrected chi connectivity index (χ3v) is 3.73. The number of aromatic nitrogens is 1. The third kappa shape index (κ3) is 2.88. The van der Waals surface area contributed by atoms with Crippen LogP contribution in [0.2, 0.25) is 0 Å². The molecule has 1 amide bonds. The largest absolute Gasteiger partial charge is 0.348 e. The molecule has 18 heavy (non-hydrogen) atoms. The van der Waals surface area contributed by atoms with Crippen LogP contribution >= 0.6 is 0 Å². The number of pyridine rings is 1. The Morgan fingerprint density at radius 1 is 1.44 bits per heavy atom. The lowest BCUT2D eigenvalue weighted by molar-refractivity contribution is -0.132. The Labute approximate surface area is 108 Å². The van der Waals surface area contributed by atoms with E-state index in [9.17, 15) is 4.79 Å². The topological polar surface area (TPSA) is 54.0 Å². The van der Waals surface area contributed by atoms with Gasteiger partial charge in [0.15, 0.2) is 0 Å². The quantitative estimate of drug-likeness (QED) is 0.854. The lowest BCUT2D eigenvalue weighted by Crippen LogP contribution is -2.46. The van der Waals surface area contributed by atoms with Crippen LogP contribution in [0, 0.1) is 5.41 Å². The molecule has 1 aliphatic heterocycles. The maximum Gasteiger partial charge on any atom is 0.226 e. The molecule has 1 aliphatic rings. The van der Waals surface area contributed by atoms with E-state index in [1.807, 2.05) is 32.0 Å². The Balaban J connectivity index is 1.98.